The minimum atomic E-state index is -0.589. The van der Waals surface area contributed by atoms with Crippen molar-refractivity contribution in [3.63, 3.8) is 0 Å². The number of hydrogen-bond donors (Lipinski definition) is 3. The molecular formula is C17H23N7O2. The van der Waals surface area contributed by atoms with Crippen molar-refractivity contribution < 1.29 is 9.59 Å². The molecule has 1 atom stereocenters. The van der Waals surface area contributed by atoms with Crippen molar-refractivity contribution in [3.8, 4) is 0 Å². The highest BCUT2D eigenvalue weighted by Gasteiger charge is 2.38. The van der Waals surface area contributed by atoms with Crippen LogP contribution in [0, 0.1) is 0 Å². The molecular weight excluding hydrogens is 334 g/mol. The third kappa shape index (κ3) is 4.05. The number of anilines is 1. The van der Waals surface area contributed by atoms with E-state index in [1.54, 1.807) is 4.90 Å². The van der Waals surface area contributed by atoms with E-state index < -0.39 is 6.04 Å². The quantitative estimate of drug-likeness (QED) is 0.702. The number of aromatic nitrogens is 4. The molecule has 1 aromatic heterocycles. The van der Waals surface area contributed by atoms with E-state index >= 15 is 0 Å². The second kappa shape index (κ2) is 7.20. The van der Waals surface area contributed by atoms with E-state index in [9.17, 15) is 9.59 Å². The molecule has 138 valence electrons. The Bertz CT molecular complexity index is 783. The molecule has 1 aliphatic heterocycles. The lowest BCUT2D eigenvalue weighted by atomic mass is 10.1. The van der Waals surface area contributed by atoms with Crippen LogP contribution in [0.2, 0.25) is 0 Å². The van der Waals surface area contributed by atoms with Gasteiger partial charge in [0, 0.05) is 17.6 Å². The molecule has 0 spiro atoms. The van der Waals surface area contributed by atoms with Gasteiger partial charge >= 0.3 is 0 Å². The third-order valence-corrected chi connectivity index (χ3v) is 4.13. The van der Waals surface area contributed by atoms with Crippen molar-refractivity contribution in [2.45, 2.75) is 45.3 Å². The lowest BCUT2D eigenvalue weighted by Crippen LogP contribution is -2.52. The molecule has 0 bridgehead atoms. The molecule has 0 unspecified atom stereocenters. The number of hydrogen-bond acceptors (Lipinski definition) is 6. The maximum Gasteiger partial charge on any atom is 0.243 e. The molecule has 2 amide bonds. The Hall–Kier alpha value is -2.81. The number of nitrogens with zero attached hydrogens (tertiary/aromatic N) is 4. The van der Waals surface area contributed by atoms with Crippen LogP contribution in [0.5, 0.6) is 0 Å². The van der Waals surface area contributed by atoms with Gasteiger partial charge in [0.25, 0.3) is 0 Å². The van der Waals surface area contributed by atoms with E-state index in [1.807, 2.05) is 45.0 Å². The Balaban J connectivity index is 1.75. The van der Waals surface area contributed by atoms with Crippen LogP contribution in [0.25, 0.3) is 0 Å². The molecule has 0 radical (unpaired) electrons. The summed E-state index contributed by atoms with van der Waals surface area (Å²) in [5.41, 5.74) is 1.58. The second-order valence-corrected chi connectivity index (χ2v) is 7.26. The SMILES string of the molecule is CC(C)(C)NCC(=O)N1c2ccccc2C[C@H]1C(=O)NCc1nn[nH]n1. The first-order valence-electron chi connectivity index (χ1n) is 8.50. The van der Waals surface area contributed by atoms with Crippen molar-refractivity contribution in [1.82, 2.24) is 31.3 Å². The van der Waals surface area contributed by atoms with E-state index in [-0.39, 0.29) is 30.4 Å². The molecule has 3 rings (SSSR count). The molecule has 3 N–H and O–H groups in total. The van der Waals surface area contributed by atoms with Gasteiger partial charge in [-0.3, -0.25) is 14.5 Å². The Morgan fingerprint density at radius 3 is 2.77 bits per heavy atom. The monoisotopic (exact) mass is 357 g/mol. The number of aromatic amines is 1. The molecule has 0 fully saturated rings. The predicted molar refractivity (Wildman–Crippen MR) is 95.2 cm³/mol. The summed E-state index contributed by atoms with van der Waals surface area (Å²) in [6, 6.07) is 7.01. The van der Waals surface area contributed by atoms with Gasteiger partial charge in [0.15, 0.2) is 5.82 Å². The largest absolute Gasteiger partial charge is 0.347 e. The summed E-state index contributed by atoms with van der Waals surface area (Å²) < 4.78 is 0. The van der Waals surface area contributed by atoms with Crippen LogP contribution in [0.3, 0.4) is 0 Å². The first-order valence-corrected chi connectivity index (χ1v) is 8.50. The van der Waals surface area contributed by atoms with Crippen LogP contribution in [-0.4, -0.2) is 50.6 Å². The van der Waals surface area contributed by atoms with Gasteiger partial charge in [0.05, 0.1) is 13.1 Å². The van der Waals surface area contributed by atoms with Crippen LogP contribution in [0.15, 0.2) is 24.3 Å². The molecule has 0 aliphatic carbocycles. The Morgan fingerprint density at radius 1 is 1.31 bits per heavy atom. The van der Waals surface area contributed by atoms with Crippen molar-refractivity contribution >= 4 is 17.5 Å². The highest BCUT2D eigenvalue weighted by atomic mass is 16.2. The number of benzene rings is 1. The Kier molecular flexibility index (Phi) is 4.99. The first-order chi connectivity index (χ1) is 12.3. The summed E-state index contributed by atoms with van der Waals surface area (Å²) in [7, 11) is 0. The van der Waals surface area contributed by atoms with Crippen molar-refractivity contribution in [1.29, 1.82) is 0 Å². The normalized spacial score (nSPS) is 16.4. The summed E-state index contributed by atoms with van der Waals surface area (Å²) in [5, 5.41) is 19.4. The number of tetrazole rings is 1. The predicted octanol–water partition coefficient (Wildman–Crippen LogP) is 0.162. The third-order valence-electron chi connectivity index (χ3n) is 4.13. The molecule has 2 heterocycles. The summed E-state index contributed by atoms with van der Waals surface area (Å²) in [6.45, 7) is 6.30. The number of carbonyl (C=O) groups is 2. The molecule has 0 saturated heterocycles. The number of fused-ring (bicyclic) bond motifs is 1. The van der Waals surface area contributed by atoms with Crippen LogP contribution < -0.4 is 15.5 Å². The molecule has 26 heavy (non-hydrogen) atoms. The summed E-state index contributed by atoms with van der Waals surface area (Å²) in [6.07, 6.45) is 0.482. The van der Waals surface area contributed by atoms with Gasteiger partial charge in [-0.2, -0.15) is 5.21 Å². The minimum absolute atomic E-state index is 0.135. The van der Waals surface area contributed by atoms with Crippen LogP contribution in [-0.2, 0) is 22.6 Å². The summed E-state index contributed by atoms with van der Waals surface area (Å²) in [4.78, 5) is 27.1. The number of H-pyrrole nitrogens is 1. The van der Waals surface area contributed by atoms with Gasteiger partial charge in [0.2, 0.25) is 11.8 Å². The van der Waals surface area contributed by atoms with Crippen molar-refractivity contribution in [3.05, 3.63) is 35.7 Å². The number of carbonyl (C=O) groups excluding carboxylic acids is 2. The topological polar surface area (TPSA) is 116 Å². The van der Waals surface area contributed by atoms with Gasteiger partial charge in [-0.15, -0.1) is 10.2 Å². The van der Waals surface area contributed by atoms with Crippen molar-refractivity contribution in [2.24, 2.45) is 0 Å². The van der Waals surface area contributed by atoms with E-state index in [0.717, 1.165) is 11.3 Å². The maximum atomic E-state index is 12.8. The average molecular weight is 357 g/mol. The standard InChI is InChI=1S/C17H23N7O2/c1-17(2,3)19-10-15(25)24-12-7-5-4-6-11(12)8-13(24)16(26)18-9-14-20-22-23-21-14/h4-7,13,19H,8-10H2,1-3H3,(H,18,26)(H,20,21,22,23)/t13-/m0/s1. The Labute approximate surface area is 151 Å². The number of para-hydroxylation sites is 1. The van der Waals surface area contributed by atoms with E-state index in [1.165, 1.54) is 0 Å². The first kappa shape index (κ1) is 18.0. The molecule has 1 aromatic carbocycles. The zero-order chi connectivity index (χ0) is 18.7. The zero-order valence-electron chi connectivity index (χ0n) is 15.1. The highest BCUT2D eigenvalue weighted by Crippen LogP contribution is 2.32. The van der Waals surface area contributed by atoms with E-state index in [2.05, 4.69) is 31.3 Å². The average Bonchev–Trinajstić information content (AvgIpc) is 3.24. The van der Waals surface area contributed by atoms with Crippen LogP contribution >= 0.6 is 0 Å². The molecule has 0 saturated carbocycles. The zero-order valence-corrected chi connectivity index (χ0v) is 15.1. The summed E-state index contributed by atoms with van der Waals surface area (Å²) in [5.74, 6) is 0.0147. The molecule has 1 aliphatic rings. The minimum Gasteiger partial charge on any atom is -0.347 e. The molecule has 2 aromatic rings. The van der Waals surface area contributed by atoms with Crippen LogP contribution in [0.4, 0.5) is 5.69 Å². The van der Waals surface area contributed by atoms with Gasteiger partial charge in [-0.05, 0) is 32.4 Å². The Morgan fingerprint density at radius 2 is 2.08 bits per heavy atom. The number of rotatable bonds is 5. The van der Waals surface area contributed by atoms with E-state index in [0.29, 0.717) is 12.2 Å². The fraction of sp³-hybridized carbons (Fsp3) is 0.471. The highest BCUT2D eigenvalue weighted by molar-refractivity contribution is 6.04. The second-order valence-electron chi connectivity index (χ2n) is 7.26. The summed E-state index contributed by atoms with van der Waals surface area (Å²) >= 11 is 0. The van der Waals surface area contributed by atoms with Gasteiger partial charge in [0.1, 0.15) is 6.04 Å². The van der Waals surface area contributed by atoms with Crippen LogP contribution in [0.1, 0.15) is 32.2 Å². The van der Waals surface area contributed by atoms with Gasteiger partial charge in [-0.25, -0.2) is 0 Å². The smallest absolute Gasteiger partial charge is 0.243 e. The lowest BCUT2D eigenvalue weighted by molar-refractivity contribution is -0.126. The lowest BCUT2D eigenvalue weighted by Gasteiger charge is -2.27. The van der Waals surface area contributed by atoms with E-state index in [4.69, 9.17) is 0 Å². The molecule has 9 heteroatoms. The fourth-order valence-electron chi connectivity index (χ4n) is 2.87. The molecule has 9 nitrogen and oxygen atoms in total. The van der Waals surface area contributed by atoms with Gasteiger partial charge in [-0.1, -0.05) is 23.4 Å². The number of nitrogens with one attached hydrogen (secondary N) is 3. The van der Waals surface area contributed by atoms with Crippen molar-refractivity contribution in [2.75, 3.05) is 11.4 Å². The number of amides is 2. The van der Waals surface area contributed by atoms with Gasteiger partial charge < -0.3 is 10.6 Å². The fourth-order valence-corrected chi connectivity index (χ4v) is 2.87. The maximum absolute atomic E-state index is 12.8.